The third-order valence-corrected chi connectivity index (χ3v) is 4.81. The van der Waals surface area contributed by atoms with Gasteiger partial charge in [0.15, 0.2) is 0 Å². The molecule has 0 atom stereocenters. The van der Waals surface area contributed by atoms with E-state index >= 15 is 0 Å². The van der Waals surface area contributed by atoms with Gasteiger partial charge in [-0.1, -0.05) is 31.2 Å². The van der Waals surface area contributed by atoms with Gasteiger partial charge in [-0.15, -0.1) is 0 Å². The summed E-state index contributed by atoms with van der Waals surface area (Å²) < 4.78 is 43.7. The molecular weight excluding hydrogens is 419 g/mol. The molecule has 3 aromatic rings. The number of rotatable bonds is 7. The molecule has 5 nitrogen and oxygen atoms in total. The molecule has 8 heteroatoms. The molecule has 0 amide bonds. The van der Waals surface area contributed by atoms with Crippen LogP contribution in [0.4, 0.5) is 19.0 Å². The fourth-order valence-corrected chi connectivity index (χ4v) is 3.32. The first kappa shape index (κ1) is 23.2. The quantitative estimate of drug-likeness (QED) is 0.341. The lowest BCUT2D eigenvalue weighted by Crippen LogP contribution is -2.24. The van der Waals surface area contributed by atoms with E-state index < -0.39 is 11.7 Å². The van der Waals surface area contributed by atoms with Crippen molar-refractivity contribution < 1.29 is 22.7 Å². The van der Waals surface area contributed by atoms with Crippen molar-refractivity contribution in [3.63, 3.8) is 0 Å². The number of benzene rings is 2. The summed E-state index contributed by atoms with van der Waals surface area (Å²) in [6, 6.07) is 10.5. The molecule has 0 aliphatic rings. The maximum Gasteiger partial charge on any atom is 0.416 e. The number of halogens is 3. The Kier molecular flexibility index (Phi) is 7.12. The van der Waals surface area contributed by atoms with Crippen molar-refractivity contribution in [2.75, 3.05) is 11.4 Å². The number of nitrogens with zero attached hydrogens (tertiary/aromatic N) is 3. The molecule has 0 radical (unpaired) electrons. The largest absolute Gasteiger partial charge is 0.426 e. The molecular formula is C24H24F3N3O2. The third kappa shape index (κ3) is 5.84. The molecule has 1 aromatic heterocycles. The van der Waals surface area contributed by atoms with Gasteiger partial charge in [0.1, 0.15) is 11.6 Å². The number of esters is 1. The minimum Gasteiger partial charge on any atom is -0.426 e. The van der Waals surface area contributed by atoms with Crippen molar-refractivity contribution in [1.29, 1.82) is 0 Å². The SMILES string of the molecule is CCCN(Cc1ccc(OC(C)=O)c(C)c1)c1cncc(-c2ccc(C(F)(F)F)cc2)n1. The van der Waals surface area contributed by atoms with Gasteiger partial charge in [0.25, 0.3) is 0 Å². The van der Waals surface area contributed by atoms with E-state index in [-0.39, 0.29) is 5.97 Å². The van der Waals surface area contributed by atoms with Crippen LogP contribution < -0.4 is 9.64 Å². The highest BCUT2D eigenvalue weighted by Gasteiger charge is 2.30. The predicted molar refractivity (Wildman–Crippen MR) is 116 cm³/mol. The lowest BCUT2D eigenvalue weighted by atomic mass is 10.1. The second-order valence-corrected chi connectivity index (χ2v) is 7.45. The van der Waals surface area contributed by atoms with Crippen LogP contribution in [0.2, 0.25) is 0 Å². The molecule has 0 spiro atoms. The van der Waals surface area contributed by atoms with Gasteiger partial charge in [0.05, 0.1) is 23.7 Å². The molecule has 168 valence electrons. The fraction of sp³-hybridized carbons (Fsp3) is 0.292. The first-order valence-electron chi connectivity index (χ1n) is 10.2. The summed E-state index contributed by atoms with van der Waals surface area (Å²) in [6.07, 6.45) is -0.332. The van der Waals surface area contributed by atoms with Gasteiger partial charge in [0, 0.05) is 25.6 Å². The average Bonchev–Trinajstić information content (AvgIpc) is 2.75. The smallest absolute Gasteiger partial charge is 0.416 e. The Morgan fingerprint density at radius 3 is 2.41 bits per heavy atom. The van der Waals surface area contributed by atoms with Crippen LogP contribution in [0, 0.1) is 6.92 Å². The number of ether oxygens (including phenoxy) is 1. The summed E-state index contributed by atoms with van der Waals surface area (Å²) in [5.74, 6) is 0.780. The van der Waals surface area contributed by atoms with Crippen LogP contribution in [0.25, 0.3) is 11.3 Å². The lowest BCUT2D eigenvalue weighted by Gasteiger charge is -2.24. The number of hydrogen-bond acceptors (Lipinski definition) is 5. The van der Waals surface area contributed by atoms with Crippen molar-refractivity contribution in [2.45, 2.75) is 39.9 Å². The van der Waals surface area contributed by atoms with Gasteiger partial charge >= 0.3 is 12.1 Å². The van der Waals surface area contributed by atoms with Crippen molar-refractivity contribution >= 4 is 11.8 Å². The van der Waals surface area contributed by atoms with E-state index in [0.717, 1.165) is 36.2 Å². The molecule has 1 heterocycles. The highest BCUT2D eigenvalue weighted by atomic mass is 19.4. The van der Waals surface area contributed by atoms with Gasteiger partial charge in [-0.2, -0.15) is 13.2 Å². The van der Waals surface area contributed by atoms with Gasteiger partial charge in [-0.25, -0.2) is 4.98 Å². The Morgan fingerprint density at radius 1 is 1.09 bits per heavy atom. The monoisotopic (exact) mass is 443 g/mol. The molecule has 0 bridgehead atoms. The molecule has 0 N–H and O–H groups in total. The first-order valence-corrected chi connectivity index (χ1v) is 10.2. The van der Waals surface area contributed by atoms with E-state index in [1.165, 1.54) is 25.3 Å². The standard InChI is InChI=1S/C24H24F3N3O2/c1-4-11-30(15-18-5-10-22(16(2)12-18)32-17(3)31)23-14-28-13-21(29-23)19-6-8-20(9-7-19)24(25,26)27/h5-10,12-14H,4,11,15H2,1-3H3. The zero-order valence-corrected chi connectivity index (χ0v) is 18.1. The molecule has 0 aliphatic heterocycles. The number of aryl methyl sites for hydroxylation is 1. The van der Waals surface area contributed by atoms with Crippen LogP contribution >= 0.6 is 0 Å². The van der Waals surface area contributed by atoms with Gasteiger partial charge in [-0.3, -0.25) is 9.78 Å². The number of alkyl halides is 3. The summed E-state index contributed by atoms with van der Waals surface area (Å²) in [5.41, 5.74) is 2.21. The van der Waals surface area contributed by atoms with Gasteiger partial charge in [0.2, 0.25) is 0 Å². The average molecular weight is 443 g/mol. The Labute approximate surface area is 184 Å². The van der Waals surface area contributed by atoms with Gasteiger partial charge < -0.3 is 9.64 Å². The lowest BCUT2D eigenvalue weighted by molar-refractivity contribution is -0.137. The summed E-state index contributed by atoms with van der Waals surface area (Å²) in [4.78, 5) is 22.2. The van der Waals surface area contributed by atoms with E-state index in [0.29, 0.717) is 29.4 Å². The summed E-state index contributed by atoms with van der Waals surface area (Å²) in [5, 5.41) is 0. The molecule has 32 heavy (non-hydrogen) atoms. The minimum absolute atomic E-state index is 0.371. The molecule has 0 saturated heterocycles. The van der Waals surface area contributed by atoms with Crippen LogP contribution in [-0.2, 0) is 17.5 Å². The third-order valence-electron chi connectivity index (χ3n) is 4.81. The topological polar surface area (TPSA) is 55.3 Å². The van der Waals surface area contributed by atoms with Crippen LogP contribution in [0.1, 0.15) is 37.0 Å². The number of aromatic nitrogens is 2. The molecule has 2 aromatic carbocycles. The second kappa shape index (κ2) is 9.80. The number of carbonyl (C=O) groups is 1. The Balaban J connectivity index is 1.84. The molecule has 0 unspecified atom stereocenters. The number of carbonyl (C=O) groups excluding carboxylic acids is 1. The van der Waals surface area contributed by atoms with Crippen molar-refractivity contribution in [3.8, 4) is 17.0 Å². The molecule has 0 fully saturated rings. The van der Waals surface area contributed by atoms with Crippen LogP contribution in [0.5, 0.6) is 5.75 Å². The van der Waals surface area contributed by atoms with E-state index in [4.69, 9.17) is 4.74 Å². The normalized spacial score (nSPS) is 11.3. The summed E-state index contributed by atoms with van der Waals surface area (Å²) >= 11 is 0. The maximum atomic E-state index is 12.8. The summed E-state index contributed by atoms with van der Waals surface area (Å²) in [6.45, 7) is 6.56. The Bertz CT molecular complexity index is 1080. The molecule has 0 saturated carbocycles. The van der Waals surface area contributed by atoms with Crippen LogP contribution in [0.3, 0.4) is 0 Å². The predicted octanol–water partition coefficient (Wildman–Crippen LogP) is 5.81. The maximum absolute atomic E-state index is 12.8. The Hall–Kier alpha value is -3.42. The first-order chi connectivity index (χ1) is 15.2. The summed E-state index contributed by atoms with van der Waals surface area (Å²) in [7, 11) is 0. The van der Waals surface area contributed by atoms with Crippen LogP contribution in [-0.4, -0.2) is 22.5 Å². The van der Waals surface area contributed by atoms with E-state index in [9.17, 15) is 18.0 Å². The zero-order valence-electron chi connectivity index (χ0n) is 18.1. The highest BCUT2D eigenvalue weighted by molar-refractivity contribution is 5.69. The molecule has 0 aliphatic carbocycles. The van der Waals surface area contributed by atoms with E-state index in [2.05, 4.69) is 21.8 Å². The molecule has 3 rings (SSSR count). The minimum atomic E-state index is -4.38. The number of hydrogen-bond donors (Lipinski definition) is 0. The van der Waals surface area contributed by atoms with Crippen molar-refractivity contribution in [3.05, 3.63) is 71.5 Å². The Morgan fingerprint density at radius 2 is 1.81 bits per heavy atom. The van der Waals surface area contributed by atoms with E-state index in [1.807, 2.05) is 19.1 Å². The highest BCUT2D eigenvalue weighted by Crippen LogP contribution is 2.31. The van der Waals surface area contributed by atoms with Gasteiger partial charge in [-0.05, 0) is 42.7 Å². The van der Waals surface area contributed by atoms with Crippen LogP contribution in [0.15, 0.2) is 54.9 Å². The fourth-order valence-electron chi connectivity index (χ4n) is 3.32. The number of anilines is 1. The zero-order chi connectivity index (χ0) is 23.3. The second-order valence-electron chi connectivity index (χ2n) is 7.45. The van der Waals surface area contributed by atoms with E-state index in [1.54, 1.807) is 12.3 Å². The van der Waals surface area contributed by atoms with Crippen molar-refractivity contribution in [1.82, 2.24) is 9.97 Å². The van der Waals surface area contributed by atoms with Crippen molar-refractivity contribution in [2.24, 2.45) is 0 Å².